The molecule has 0 saturated carbocycles. The van der Waals surface area contributed by atoms with Gasteiger partial charge in [-0.1, -0.05) is 13.8 Å². The first kappa shape index (κ1) is 14.1. The van der Waals surface area contributed by atoms with Gasteiger partial charge in [0.25, 0.3) is 11.8 Å². The van der Waals surface area contributed by atoms with Crippen LogP contribution in [0.15, 0.2) is 11.4 Å². The van der Waals surface area contributed by atoms with Crippen molar-refractivity contribution in [2.75, 3.05) is 13.1 Å². The highest BCUT2D eigenvalue weighted by Crippen LogP contribution is 2.30. The van der Waals surface area contributed by atoms with E-state index in [1.165, 1.54) is 11.3 Å². The summed E-state index contributed by atoms with van der Waals surface area (Å²) in [6.07, 6.45) is 0.457. The van der Waals surface area contributed by atoms with Crippen LogP contribution in [-0.2, 0) is 4.79 Å². The molecular formula is C14H17N3O3S. The predicted octanol–water partition coefficient (Wildman–Crippen LogP) is 1.30. The molecule has 112 valence electrons. The number of carbonyl (C=O) groups excluding carboxylic acids is 3. The summed E-state index contributed by atoms with van der Waals surface area (Å²) in [4.78, 5) is 38.3. The smallest absolute Gasteiger partial charge is 0.322 e. The average Bonchev–Trinajstić information content (AvgIpc) is 3.10. The van der Waals surface area contributed by atoms with Crippen LogP contribution < -0.4 is 10.6 Å². The molecule has 6 nitrogen and oxygen atoms in total. The molecule has 1 aromatic heterocycles. The number of amides is 4. The SMILES string of the molecule is CC(C)c1ccsc1C(=O)N1CCC2(C1)NC(=O)NC2=O. The Hall–Kier alpha value is -1.89. The molecule has 2 saturated heterocycles. The molecule has 4 amide bonds. The lowest BCUT2D eigenvalue weighted by molar-refractivity contribution is -0.123. The maximum Gasteiger partial charge on any atom is 0.322 e. The van der Waals surface area contributed by atoms with Gasteiger partial charge >= 0.3 is 6.03 Å². The standard InChI is InChI=1S/C14H17N3O3S/c1-8(2)9-3-6-21-10(9)11(18)17-5-4-14(7-17)12(19)15-13(20)16-14/h3,6,8H,4-5,7H2,1-2H3,(H2,15,16,19,20). The van der Waals surface area contributed by atoms with Gasteiger partial charge < -0.3 is 10.2 Å². The minimum atomic E-state index is -0.942. The van der Waals surface area contributed by atoms with Crippen molar-refractivity contribution in [3.05, 3.63) is 21.9 Å². The van der Waals surface area contributed by atoms with Gasteiger partial charge in [-0.2, -0.15) is 0 Å². The van der Waals surface area contributed by atoms with E-state index >= 15 is 0 Å². The monoisotopic (exact) mass is 307 g/mol. The number of rotatable bonds is 2. The zero-order chi connectivity index (χ0) is 15.2. The maximum atomic E-state index is 12.7. The summed E-state index contributed by atoms with van der Waals surface area (Å²) in [6, 6.07) is 1.49. The van der Waals surface area contributed by atoms with E-state index in [0.717, 1.165) is 10.4 Å². The number of nitrogens with one attached hydrogen (secondary N) is 2. The second kappa shape index (κ2) is 4.84. The molecule has 0 radical (unpaired) electrons. The van der Waals surface area contributed by atoms with Gasteiger partial charge in [0.2, 0.25) is 0 Å². The lowest BCUT2D eigenvalue weighted by Gasteiger charge is -2.21. The van der Waals surface area contributed by atoms with E-state index in [9.17, 15) is 14.4 Å². The summed E-state index contributed by atoms with van der Waals surface area (Å²) >= 11 is 1.43. The fourth-order valence-corrected chi connectivity index (χ4v) is 3.91. The van der Waals surface area contributed by atoms with Crippen molar-refractivity contribution in [2.45, 2.75) is 31.7 Å². The van der Waals surface area contributed by atoms with Crippen molar-refractivity contribution in [3.8, 4) is 0 Å². The van der Waals surface area contributed by atoms with Crippen molar-refractivity contribution >= 4 is 29.2 Å². The van der Waals surface area contributed by atoms with Crippen LogP contribution in [0.3, 0.4) is 0 Å². The lowest BCUT2D eigenvalue weighted by Crippen LogP contribution is -2.49. The highest BCUT2D eigenvalue weighted by Gasteiger charge is 2.51. The number of hydrogen-bond donors (Lipinski definition) is 2. The van der Waals surface area contributed by atoms with Crippen LogP contribution in [0.4, 0.5) is 4.79 Å². The zero-order valence-corrected chi connectivity index (χ0v) is 12.8. The normalized spacial score (nSPS) is 24.8. The molecule has 1 atom stereocenters. The Kier molecular flexibility index (Phi) is 3.24. The van der Waals surface area contributed by atoms with Crippen molar-refractivity contribution in [2.24, 2.45) is 0 Å². The minimum Gasteiger partial charge on any atom is -0.335 e. The summed E-state index contributed by atoms with van der Waals surface area (Å²) < 4.78 is 0. The van der Waals surface area contributed by atoms with E-state index in [0.29, 0.717) is 13.0 Å². The molecule has 21 heavy (non-hydrogen) atoms. The third-order valence-corrected chi connectivity index (χ3v) is 5.00. The Balaban J connectivity index is 1.80. The summed E-state index contributed by atoms with van der Waals surface area (Å²) in [7, 11) is 0. The van der Waals surface area contributed by atoms with Crippen LogP contribution in [0.5, 0.6) is 0 Å². The summed E-state index contributed by atoms with van der Waals surface area (Å²) in [5.41, 5.74) is 0.0907. The first-order valence-corrected chi connectivity index (χ1v) is 7.81. The first-order valence-electron chi connectivity index (χ1n) is 6.93. The van der Waals surface area contributed by atoms with Gasteiger partial charge in [-0.3, -0.25) is 14.9 Å². The highest BCUT2D eigenvalue weighted by molar-refractivity contribution is 7.12. The van der Waals surface area contributed by atoms with Gasteiger partial charge in [0.1, 0.15) is 5.54 Å². The number of hydrogen-bond acceptors (Lipinski definition) is 4. The van der Waals surface area contributed by atoms with Gasteiger partial charge in [0.15, 0.2) is 0 Å². The van der Waals surface area contributed by atoms with Crippen LogP contribution in [0.2, 0.25) is 0 Å². The summed E-state index contributed by atoms with van der Waals surface area (Å²) in [5.74, 6) is -0.112. The van der Waals surface area contributed by atoms with E-state index in [4.69, 9.17) is 0 Å². The van der Waals surface area contributed by atoms with E-state index in [-0.39, 0.29) is 24.3 Å². The fraction of sp³-hybridized carbons (Fsp3) is 0.500. The fourth-order valence-electron chi connectivity index (χ4n) is 2.89. The first-order chi connectivity index (χ1) is 9.93. The lowest BCUT2D eigenvalue weighted by atomic mass is 9.99. The molecule has 0 bridgehead atoms. The second-order valence-corrected chi connectivity index (χ2v) is 6.74. The number of urea groups is 1. The molecule has 3 rings (SSSR count). The molecule has 0 aromatic carbocycles. The molecule has 2 fully saturated rings. The average molecular weight is 307 g/mol. The molecule has 3 heterocycles. The molecule has 7 heteroatoms. The number of imide groups is 1. The Labute approximate surface area is 126 Å². The second-order valence-electron chi connectivity index (χ2n) is 5.83. The molecular weight excluding hydrogens is 290 g/mol. The molecule has 1 unspecified atom stereocenters. The third kappa shape index (κ3) is 2.21. The van der Waals surface area contributed by atoms with Gasteiger partial charge in [-0.25, -0.2) is 4.79 Å². The van der Waals surface area contributed by atoms with E-state index in [1.807, 2.05) is 11.4 Å². The Bertz CT molecular complexity index is 625. The van der Waals surface area contributed by atoms with Gasteiger partial charge in [-0.15, -0.1) is 11.3 Å². The minimum absolute atomic E-state index is 0.0560. The number of carbonyl (C=O) groups is 3. The number of likely N-dealkylation sites (tertiary alicyclic amines) is 1. The van der Waals surface area contributed by atoms with Crippen LogP contribution in [0.1, 0.15) is 41.4 Å². The van der Waals surface area contributed by atoms with Crippen molar-refractivity contribution in [1.29, 1.82) is 0 Å². The van der Waals surface area contributed by atoms with Crippen LogP contribution >= 0.6 is 11.3 Å². The van der Waals surface area contributed by atoms with E-state index in [1.54, 1.807) is 4.90 Å². The molecule has 2 aliphatic rings. The molecule has 0 aliphatic carbocycles. The van der Waals surface area contributed by atoms with Crippen molar-refractivity contribution in [1.82, 2.24) is 15.5 Å². The van der Waals surface area contributed by atoms with Crippen molar-refractivity contribution < 1.29 is 14.4 Å². The molecule has 1 aromatic rings. The van der Waals surface area contributed by atoms with Crippen LogP contribution in [0.25, 0.3) is 0 Å². The molecule has 1 spiro atoms. The molecule has 2 N–H and O–H groups in total. The number of thiophene rings is 1. The Morgan fingerprint density at radius 1 is 1.43 bits per heavy atom. The van der Waals surface area contributed by atoms with E-state index < -0.39 is 11.6 Å². The zero-order valence-electron chi connectivity index (χ0n) is 11.9. The van der Waals surface area contributed by atoms with Gasteiger partial charge in [0.05, 0.1) is 11.4 Å². The van der Waals surface area contributed by atoms with Crippen molar-refractivity contribution in [3.63, 3.8) is 0 Å². The summed E-state index contributed by atoms with van der Waals surface area (Å²) in [5, 5.41) is 6.82. The highest BCUT2D eigenvalue weighted by atomic mass is 32.1. The Morgan fingerprint density at radius 3 is 2.81 bits per heavy atom. The van der Waals surface area contributed by atoms with E-state index in [2.05, 4.69) is 24.5 Å². The van der Waals surface area contributed by atoms with Gasteiger partial charge in [-0.05, 0) is 29.3 Å². The molecule has 2 aliphatic heterocycles. The van der Waals surface area contributed by atoms with Crippen LogP contribution in [-0.4, -0.2) is 41.4 Å². The van der Waals surface area contributed by atoms with Crippen LogP contribution in [0, 0.1) is 0 Å². The number of nitrogens with zero attached hydrogens (tertiary/aromatic N) is 1. The quantitative estimate of drug-likeness (QED) is 0.808. The topological polar surface area (TPSA) is 78.5 Å². The Morgan fingerprint density at radius 2 is 2.19 bits per heavy atom. The van der Waals surface area contributed by atoms with Gasteiger partial charge in [0, 0.05) is 6.54 Å². The maximum absolute atomic E-state index is 12.7. The summed E-state index contributed by atoms with van der Waals surface area (Å²) in [6.45, 7) is 4.81. The predicted molar refractivity (Wildman–Crippen MR) is 78.3 cm³/mol. The largest absolute Gasteiger partial charge is 0.335 e. The third-order valence-electron chi connectivity index (χ3n) is 4.08.